The van der Waals surface area contributed by atoms with Crippen LogP contribution in [0.5, 0.6) is 11.5 Å². The van der Waals surface area contributed by atoms with E-state index in [9.17, 15) is 9.90 Å². The van der Waals surface area contributed by atoms with E-state index in [2.05, 4.69) is 0 Å². The first-order valence-corrected chi connectivity index (χ1v) is 5.57. The van der Waals surface area contributed by atoms with Crippen LogP contribution in [0.15, 0.2) is 12.1 Å². The number of methoxy groups -OCH3 is 1. The van der Waals surface area contributed by atoms with E-state index >= 15 is 0 Å². The maximum atomic E-state index is 11.7. The van der Waals surface area contributed by atoms with E-state index in [1.807, 2.05) is 0 Å². The lowest BCUT2D eigenvalue weighted by Gasteiger charge is -2.09. The van der Waals surface area contributed by atoms with Crippen molar-refractivity contribution in [2.24, 2.45) is 0 Å². The van der Waals surface area contributed by atoms with E-state index < -0.39 is 0 Å². The van der Waals surface area contributed by atoms with Crippen molar-refractivity contribution in [2.75, 3.05) is 20.0 Å². The van der Waals surface area contributed by atoms with Gasteiger partial charge in [0.15, 0.2) is 5.78 Å². The number of carbonyl (C=O) groups is 1. The average molecular weight is 242 g/mol. The fourth-order valence-corrected chi connectivity index (χ4v) is 1.77. The summed E-state index contributed by atoms with van der Waals surface area (Å²) in [5, 5.41) is 9.72. The Bertz CT molecular complexity index is 367. The quantitative estimate of drug-likeness (QED) is 0.633. The molecule has 1 aromatic carbocycles. The summed E-state index contributed by atoms with van der Waals surface area (Å²) in [6.45, 7) is 1.76. The van der Waals surface area contributed by atoms with E-state index in [0.717, 1.165) is 12.0 Å². The highest BCUT2D eigenvalue weighted by molar-refractivity contribution is 7.95. The minimum Gasteiger partial charge on any atom is -0.507 e. The number of phenolic OH excluding ortho intramolecular Hbond substituents is 1. The predicted octanol–water partition coefficient (Wildman–Crippen LogP) is 2.19. The number of carbonyl (C=O) groups excluding carboxylic acids is 1. The van der Waals surface area contributed by atoms with Crippen LogP contribution in [0.3, 0.4) is 0 Å². The summed E-state index contributed by atoms with van der Waals surface area (Å²) < 4.78 is 9.74. The highest BCUT2D eigenvalue weighted by atomic mass is 32.2. The van der Waals surface area contributed by atoms with E-state index in [1.165, 1.54) is 20.3 Å². The third kappa shape index (κ3) is 2.90. The van der Waals surface area contributed by atoms with Crippen LogP contribution in [0.25, 0.3) is 0 Å². The third-order valence-corrected chi connectivity index (χ3v) is 2.73. The van der Waals surface area contributed by atoms with Crippen LogP contribution in [0.2, 0.25) is 0 Å². The SMILES string of the molecule is COSCC(=O)c1c(C)cc(OC)cc1O. The second-order valence-electron chi connectivity index (χ2n) is 3.19. The summed E-state index contributed by atoms with van der Waals surface area (Å²) in [4.78, 5) is 11.7. The van der Waals surface area contributed by atoms with Crippen molar-refractivity contribution in [3.8, 4) is 11.5 Å². The number of aryl methyl sites for hydroxylation is 1. The van der Waals surface area contributed by atoms with Crippen LogP contribution >= 0.6 is 12.0 Å². The van der Waals surface area contributed by atoms with Crippen molar-refractivity contribution in [2.45, 2.75) is 6.92 Å². The van der Waals surface area contributed by atoms with Crippen LogP contribution in [0.1, 0.15) is 15.9 Å². The number of rotatable bonds is 5. The lowest BCUT2D eigenvalue weighted by atomic mass is 10.0. The molecule has 16 heavy (non-hydrogen) atoms. The van der Waals surface area contributed by atoms with Gasteiger partial charge in [-0.3, -0.25) is 4.79 Å². The molecule has 0 atom stereocenters. The van der Waals surface area contributed by atoms with Gasteiger partial charge in [0, 0.05) is 6.07 Å². The summed E-state index contributed by atoms with van der Waals surface area (Å²) >= 11 is 1.05. The fraction of sp³-hybridized carbons (Fsp3) is 0.364. The molecule has 5 heteroatoms. The van der Waals surface area contributed by atoms with Gasteiger partial charge in [0.1, 0.15) is 11.5 Å². The van der Waals surface area contributed by atoms with Crippen LogP contribution < -0.4 is 4.74 Å². The molecule has 0 aromatic heterocycles. The molecule has 0 amide bonds. The standard InChI is InChI=1S/C11H14O4S/c1-7-4-8(14-2)5-9(12)11(7)10(13)6-16-15-3/h4-5,12H,6H2,1-3H3. The van der Waals surface area contributed by atoms with Crippen molar-refractivity contribution < 1.29 is 18.8 Å². The molecule has 1 rings (SSSR count). The summed E-state index contributed by atoms with van der Waals surface area (Å²) in [6.07, 6.45) is 0. The summed E-state index contributed by atoms with van der Waals surface area (Å²) in [6, 6.07) is 3.14. The lowest BCUT2D eigenvalue weighted by Crippen LogP contribution is -2.05. The molecular weight excluding hydrogens is 228 g/mol. The molecule has 0 radical (unpaired) electrons. The smallest absolute Gasteiger partial charge is 0.179 e. The van der Waals surface area contributed by atoms with Gasteiger partial charge in [0.05, 0.1) is 25.5 Å². The van der Waals surface area contributed by atoms with Crippen LogP contribution in [0, 0.1) is 6.92 Å². The lowest BCUT2D eigenvalue weighted by molar-refractivity contribution is 0.101. The number of phenols is 1. The summed E-state index contributed by atoms with van der Waals surface area (Å²) in [5.74, 6) is 0.492. The van der Waals surface area contributed by atoms with Gasteiger partial charge < -0.3 is 14.0 Å². The largest absolute Gasteiger partial charge is 0.507 e. The number of aromatic hydroxyl groups is 1. The third-order valence-electron chi connectivity index (χ3n) is 2.11. The monoisotopic (exact) mass is 242 g/mol. The minimum absolute atomic E-state index is 0.0569. The zero-order chi connectivity index (χ0) is 12.1. The number of benzene rings is 1. The maximum Gasteiger partial charge on any atom is 0.179 e. The van der Waals surface area contributed by atoms with Gasteiger partial charge >= 0.3 is 0 Å². The molecule has 0 fully saturated rings. The van der Waals surface area contributed by atoms with Crippen molar-refractivity contribution in [3.05, 3.63) is 23.3 Å². The molecule has 0 heterocycles. The van der Waals surface area contributed by atoms with Gasteiger partial charge in [-0.2, -0.15) is 0 Å². The van der Waals surface area contributed by atoms with Gasteiger partial charge in [-0.05, 0) is 30.6 Å². The van der Waals surface area contributed by atoms with Gasteiger partial charge in [0.2, 0.25) is 0 Å². The molecular formula is C11H14O4S. The Morgan fingerprint density at radius 1 is 1.44 bits per heavy atom. The molecule has 0 aliphatic carbocycles. The van der Waals surface area contributed by atoms with Crippen molar-refractivity contribution in [3.63, 3.8) is 0 Å². The molecule has 1 aromatic rings. The fourth-order valence-electron chi connectivity index (χ4n) is 1.40. The molecule has 0 bridgehead atoms. The molecule has 0 unspecified atom stereocenters. The normalized spacial score (nSPS) is 10.2. The topological polar surface area (TPSA) is 55.8 Å². The van der Waals surface area contributed by atoms with Crippen LogP contribution in [0.4, 0.5) is 0 Å². The zero-order valence-electron chi connectivity index (χ0n) is 9.44. The van der Waals surface area contributed by atoms with E-state index in [0.29, 0.717) is 16.9 Å². The number of ketones is 1. The Morgan fingerprint density at radius 2 is 2.12 bits per heavy atom. The highest BCUT2D eigenvalue weighted by Gasteiger charge is 2.15. The van der Waals surface area contributed by atoms with Crippen molar-refractivity contribution >= 4 is 17.8 Å². The predicted molar refractivity (Wildman–Crippen MR) is 63.2 cm³/mol. The second kappa shape index (κ2) is 5.77. The van der Waals surface area contributed by atoms with Gasteiger partial charge in [0.25, 0.3) is 0 Å². The highest BCUT2D eigenvalue weighted by Crippen LogP contribution is 2.28. The zero-order valence-corrected chi connectivity index (χ0v) is 10.3. The molecule has 4 nitrogen and oxygen atoms in total. The molecule has 0 saturated heterocycles. The van der Waals surface area contributed by atoms with Gasteiger partial charge in [-0.15, -0.1) is 0 Å². The Hall–Kier alpha value is -1.20. The molecule has 0 spiro atoms. The number of ether oxygens (including phenoxy) is 1. The first-order chi connectivity index (χ1) is 7.60. The first kappa shape index (κ1) is 12.9. The number of hydrogen-bond donors (Lipinski definition) is 1. The second-order valence-corrected chi connectivity index (χ2v) is 4.05. The van der Waals surface area contributed by atoms with Crippen LogP contribution in [-0.4, -0.2) is 30.9 Å². The first-order valence-electron chi connectivity index (χ1n) is 4.66. The number of Topliss-reactive ketones (excluding diaryl/α,β-unsaturated/α-hetero) is 1. The molecule has 88 valence electrons. The Kier molecular flexibility index (Phi) is 4.64. The van der Waals surface area contributed by atoms with E-state index in [-0.39, 0.29) is 17.3 Å². The van der Waals surface area contributed by atoms with Gasteiger partial charge in [-0.25, -0.2) is 0 Å². The van der Waals surface area contributed by atoms with Gasteiger partial charge in [-0.1, -0.05) is 0 Å². The van der Waals surface area contributed by atoms with Crippen molar-refractivity contribution in [1.29, 1.82) is 0 Å². The van der Waals surface area contributed by atoms with E-state index in [4.69, 9.17) is 8.92 Å². The number of hydrogen-bond acceptors (Lipinski definition) is 5. The Morgan fingerprint density at radius 3 is 2.62 bits per heavy atom. The molecule has 1 N–H and O–H groups in total. The average Bonchev–Trinajstić information content (AvgIpc) is 2.25. The summed E-state index contributed by atoms with van der Waals surface area (Å²) in [7, 11) is 3.01. The van der Waals surface area contributed by atoms with Crippen LogP contribution in [-0.2, 0) is 4.18 Å². The molecule has 0 aliphatic heterocycles. The summed E-state index contributed by atoms with van der Waals surface area (Å²) in [5.41, 5.74) is 1.02. The van der Waals surface area contributed by atoms with Crippen molar-refractivity contribution in [1.82, 2.24) is 0 Å². The molecule has 0 aliphatic rings. The molecule has 0 saturated carbocycles. The Balaban J connectivity index is 3.00. The van der Waals surface area contributed by atoms with E-state index in [1.54, 1.807) is 13.0 Å². The Labute approximate surface area is 98.8 Å². The minimum atomic E-state index is -0.162. The maximum absolute atomic E-state index is 11.7.